The van der Waals surface area contributed by atoms with Gasteiger partial charge in [-0.15, -0.1) is 0 Å². The maximum Gasteiger partial charge on any atom is 0.142 e. The summed E-state index contributed by atoms with van der Waals surface area (Å²) in [5, 5.41) is 1.32. The van der Waals surface area contributed by atoms with Crippen LogP contribution in [0.3, 0.4) is 0 Å². The van der Waals surface area contributed by atoms with Crippen LogP contribution in [0.25, 0.3) is 0 Å². The molecule has 1 unspecified atom stereocenters. The number of aryl methyl sites for hydroxylation is 1. The Morgan fingerprint density at radius 1 is 1.15 bits per heavy atom. The topological polar surface area (TPSA) is 32.3 Å². The van der Waals surface area contributed by atoms with Crippen LogP contribution in [0.15, 0.2) is 18.2 Å². The molecule has 144 valence electrons. The largest absolute Gasteiger partial charge is 0.356 e. The van der Waals surface area contributed by atoms with Gasteiger partial charge in [-0.2, -0.15) is 0 Å². The molecule has 0 fully saturated rings. The van der Waals surface area contributed by atoms with E-state index in [1.165, 1.54) is 18.4 Å². The van der Waals surface area contributed by atoms with E-state index in [4.69, 9.17) is 33.2 Å². The molecule has 0 spiro atoms. The van der Waals surface area contributed by atoms with E-state index >= 15 is 0 Å². The number of aromatic nitrogens is 2. The molecule has 0 aliphatic carbocycles. The van der Waals surface area contributed by atoms with Crippen LogP contribution < -0.4 is 9.80 Å². The first kappa shape index (κ1) is 18.8. The molecule has 4 nitrogen and oxygen atoms in total. The quantitative estimate of drug-likeness (QED) is 0.613. The van der Waals surface area contributed by atoms with Crippen molar-refractivity contribution in [3.8, 4) is 0 Å². The molecular formula is C21H26Cl2N4. The van der Waals surface area contributed by atoms with Crippen molar-refractivity contribution in [3.05, 3.63) is 39.6 Å². The van der Waals surface area contributed by atoms with Gasteiger partial charge in [-0.25, -0.2) is 9.97 Å². The fourth-order valence-corrected chi connectivity index (χ4v) is 4.87. The van der Waals surface area contributed by atoms with E-state index in [0.29, 0.717) is 21.9 Å². The van der Waals surface area contributed by atoms with Gasteiger partial charge in [0.15, 0.2) is 0 Å². The van der Waals surface area contributed by atoms with E-state index in [0.717, 1.165) is 49.2 Å². The second-order valence-corrected chi connectivity index (χ2v) is 8.50. The van der Waals surface area contributed by atoms with E-state index in [9.17, 15) is 0 Å². The molecule has 2 aliphatic rings. The molecule has 1 aromatic heterocycles. The minimum Gasteiger partial charge on any atom is -0.356 e. The number of hydrogen-bond acceptors (Lipinski definition) is 4. The number of halogens is 2. The minimum absolute atomic E-state index is 0.459. The number of rotatable bonds is 5. The number of benzene rings is 1. The zero-order valence-corrected chi connectivity index (χ0v) is 17.7. The molecule has 1 aromatic carbocycles. The molecule has 2 aromatic rings. The summed E-state index contributed by atoms with van der Waals surface area (Å²) >= 11 is 12.6. The Morgan fingerprint density at radius 2 is 1.89 bits per heavy atom. The number of nitrogens with zero attached hydrogens (tertiary/aromatic N) is 4. The highest BCUT2D eigenvalue weighted by Crippen LogP contribution is 2.49. The summed E-state index contributed by atoms with van der Waals surface area (Å²) in [7, 11) is 0. The summed E-state index contributed by atoms with van der Waals surface area (Å²) in [6, 6.07) is 5.69. The van der Waals surface area contributed by atoms with E-state index in [1.807, 2.05) is 19.1 Å². The van der Waals surface area contributed by atoms with Crippen molar-refractivity contribution in [3.63, 3.8) is 0 Å². The Morgan fingerprint density at radius 3 is 2.59 bits per heavy atom. The fourth-order valence-electron chi connectivity index (χ4n) is 4.36. The third-order valence-corrected chi connectivity index (χ3v) is 6.50. The lowest BCUT2D eigenvalue weighted by Crippen LogP contribution is -2.36. The average Bonchev–Trinajstić information content (AvgIpc) is 3.00. The third-order valence-electron chi connectivity index (χ3n) is 5.96. The van der Waals surface area contributed by atoms with Crippen molar-refractivity contribution >= 4 is 40.5 Å². The summed E-state index contributed by atoms with van der Waals surface area (Å²) in [5.74, 6) is 4.13. The number of anilines is 3. The standard InChI is InChI=1S/C21H26Cl2N4/c1-4-14(5-2)11-26-9-8-15-12-27(18-7-6-16(22)10-17(18)23)21-19(15)20(26)24-13(3)25-21/h6-7,10,14-15H,4-5,8-9,11-12H2,1-3H3. The summed E-state index contributed by atoms with van der Waals surface area (Å²) in [6.45, 7) is 9.58. The van der Waals surface area contributed by atoms with Gasteiger partial charge in [0, 0.05) is 36.1 Å². The van der Waals surface area contributed by atoms with E-state index < -0.39 is 0 Å². The zero-order valence-electron chi connectivity index (χ0n) is 16.2. The Labute approximate surface area is 171 Å². The highest BCUT2D eigenvalue weighted by molar-refractivity contribution is 6.36. The highest BCUT2D eigenvalue weighted by atomic mass is 35.5. The van der Waals surface area contributed by atoms with Crippen molar-refractivity contribution < 1.29 is 0 Å². The van der Waals surface area contributed by atoms with Crippen LogP contribution in [0.4, 0.5) is 17.3 Å². The Bertz CT molecular complexity index is 850. The van der Waals surface area contributed by atoms with Gasteiger partial charge in [0.05, 0.1) is 10.7 Å². The molecule has 2 aliphatic heterocycles. The van der Waals surface area contributed by atoms with Gasteiger partial charge in [-0.1, -0.05) is 49.9 Å². The summed E-state index contributed by atoms with van der Waals surface area (Å²) in [4.78, 5) is 14.4. The molecule has 0 N–H and O–H groups in total. The molecule has 0 bridgehead atoms. The Kier molecular flexibility index (Phi) is 5.21. The van der Waals surface area contributed by atoms with Crippen LogP contribution in [0.2, 0.25) is 10.0 Å². The first-order valence-electron chi connectivity index (χ1n) is 9.87. The van der Waals surface area contributed by atoms with Crippen molar-refractivity contribution in [2.24, 2.45) is 5.92 Å². The fraction of sp³-hybridized carbons (Fsp3) is 0.524. The Hall–Kier alpha value is -1.52. The van der Waals surface area contributed by atoms with Gasteiger partial charge < -0.3 is 9.80 Å². The molecule has 27 heavy (non-hydrogen) atoms. The lowest BCUT2D eigenvalue weighted by Gasteiger charge is -2.34. The first-order valence-corrected chi connectivity index (χ1v) is 10.6. The molecule has 4 rings (SSSR count). The predicted molar refractivity (Wildman–Crippen MR) is 114 cm³/mol. The lowest BCUT2D eigenvalue weighted by atomic mass is 9.93. The van der Waals surface area contributed by atoms with Crippen molar-refractivity contribution in [2.75, 3.05) is 29.4 Å². The van der Waals surface area contributed by atoms with Crippen LogP contribution in [0, 0.1) is 12.8 Å². The first-order chi connectivity index (χ1) is 13.0. The number of hydrogen-bond donors (Lipinski definition) is 0. The molecule has 0 radical (unpaired) electrons. The maximum atomic E-state index is 6.52. The SMILES string of the molecule is CCC(CC)CN1CCC2CN(c3ccc(Cl)cc3Cl)c3nc(C)nc1c32. The van der Waals surface area contributed by atoms with Crippen LogP contribution in [-0.2, 0) is 0 Å². The molecule has 0 amide bonds. The molecule has 0 saturated carbocycles. The van der Waals surface area contributed by atoms with Gasteiger partial charge >= 0.3 is 0 Å². The van der Waals surface area contributed by atoms with Crippen molar-refractivity contribution in [1.29, 1.82) is 0 Å². The molecule has 0 saturated heterocycles. The minimum atomic E-state index is 0.459. The van der Waals surface area contributed by atoms with Gasteiger partial charge in [0.25, 0.3) is 0 Å². The van der Waals surface area contributed by atoms with Crippen LogP contribution in [-0.4, -0.2) is 29.6 Å². The molecule has 6 heteroatoms. The summed E-state index contributed by atoms with van der Waals surface area (Å²) in [6.07, 6.45) is 3.54. The van der Waals surface area contributed by atoms with E-state index in [1.54, 1.807) is 6.07 Å². The highest BCUT2D eigenvalue weighted by Gasteiger charge is 2.39. The predicted octanol–water partition coefficient (Wildman–Crippen LogP) is 5.97. The van der Waals surface area contributed by atoms with Gasteiger partial charge in [-0.05, 0) is 37.5 Å². The molecule has 3 heterocycles. The zero-order chi connectivity index (χ0) is 19.1. The van der Waals surface area contributed by atoms with E-state index in [-0.39, 0.29) is 0 Å². The van der Waals surface area contributed by atoms with Crippen LogP contribution in [0.1, 0.15) is 50.4 Å². The van der Waals surface area contributed by atoms with E-state index in [2.05, 4.69) is 23.6 Å². The van der Waals surface area contributed by atoms with Crippen LogP contribution >= 0.6 is 23.2 Å². The van der Waals surface area contributed by atoms with Crippen molar-refractivity contribution in [1.82, 2.24) is 9.97 Å². The maximum absolute atomic E-state index is 6.52. The smallest absolute Gasteiger partial charge is 0.142 e. The average molecular weight is 405 g/mol. The van der Waals surface area contributed by atoms with Crippen LogP contribution in [0.5, 0.6) is 0 Å². The van der Waals surface area contributed by atoms with Gasteiger partial charge in [0.2, 0.25) is 0 Å². The normalized spacial score (nSPS) is 18.4. The monoisotopic (exact) mass is 404 g/mol. The molecular weight excluding hydrogens is 379 g/mol. The summed E-state index contributed by atoms with van der Waals surface area (Å²) in [5.41, 5.74) is 2.27. The second kappa shape index (κ2) is 7.48. The molecule has 1 atom stereocenters. The second-order valence-electron chi connectivity index (χ2n) is 7.65. The summed E-state index contributed by atoms with van der Waals surface area (Å²) < 4.78 is 0. The van der Waals surface area contributed by atoms with Crippen molar-refractivity contribution in [2.45, 2.75) is 46.0 Å². The third kappa shape index (κ3) is 3.38. The van der Waals surface area contributed by atoms with Gasteiger partial charge in [-0.3, -0.25) is 0 Å². The Balaban J connectivity index is 1.76. The van der Waals surface area contributed by atoms with Gasteiger partial charge in [0.1, 0.15) is 17.5 Å². The lowest BCUT2D eigenvalue weighted by molar-refractivity contribution is 0.464.